The van der Waals surface area contributed by atoms with Crippen LogP contribution in [0.15, 0.2) is 59.4 Å². The molecule has 0 fully saturated rings. The highest BCUT2D eigenvalue weighted by molar-refractivity contribution is 5.84. The van der Waals surface area contributed by atoms with Crippen molar-refractivity contribution in [1.29, 1.82) is 0 Å². The van der Waals surface area contributed by atoms with Crippen LogP contribution in [0.2, 0.25) is 0 Å². The van der Waals surface area contributed by atoms with Crippen molar-refractivity contribution in [2.24, 2.45) is 0 Å². The Morgan fingerprint density at radius 3 is 2.33 bits per heavy atom. The molecule has 0 unspecified atom stereocenters. The summed E-state index contributed by atoms with van der Waals surface area (Å²) >= 11 is 0. The molecular formula is C15H10FNO. The topological polar surface area (TPSA) is 32.9 Å². The first-order chi connectivity index (χ1) is 8.77. The Balaban J connectivity index is 2.41. The third-order valence-corrected chi connectivity index (χ3v) is 2.92. The average molecular weight is 239 g/mol. The molecule has 3 rings (SSSR count). The van der Waals surface area contributed by atoms with Gasteiger partial charge >= 0.3 is 0 Å². The van der Waals surface area contributed by atoms with Gasteiger partial charge in [0.15, 0.2) is 0 Å². The zero-order valence-electron chi connectivity index (χ0n) is 9.48. The van der Waals surface area contributed by atoms with E-state index in [4.69, 9.17) is 0 Å². The molecule has 0 radical (unpaired) electrons. The van der Waals surface area contributed by atoms with Crippen molar-refractivity contribution in [3.8, 4) is 11.1 Å². The zero-order valence-corrected chi connectivity index (χ0v) is 9.48. The minimum atomic E-state index is -0.472. The lowest BCUT2D eigenvalue weighted by Gasteiger charge is -2.05. The molecule has 1 N–H and O–H groups in total. The van der Waals surface area contributed by atoms with Gasteiger partial charge in [0.25, 0.3) is 5.56 Å². The quantitative estimate of drug-likeness (QED) is 0.694. The Hall–Kier alpha value is -2.42. The third kappa shape index (κ3) is 1.61. The van der Waals surface area contributed by atoms with E-state index in [-0.39, 0.29) is 5.56 Å². The monoisotopic (exact) mass is 239 g/mol. The van der Waals surface area contributed by atoms with Crippen LogP contribution in [-0.4, -0.2) is 4.98 Å². The normalized spacial score (nSPS) is 10.7. The van der Waals surface area contributed by atoms with Crippen LogP contribution in [0.25, 0.3) is 22.0 Å². The number of aromatic amines is 1. The summed E-state index contributed by atoms with van der Waals surface area (Å²) in [7, 11) is 0. The van der Waals surface area contributed by atoms with Gasteiger partial charge in [-0.1, -0.05) is 42.5 Å². The molecular weight excluding hydrogens is 229 g/mol. The second kappa shape index (κ2) is 4.11. The van der Waals surface area contributed by atoms with Gasteiger partial charge in [0, 0.05) is 5.39 Å². The molecule has 3 heteroatoms. The minimum Gasteiger partial charge on any atom is -0.321 e. The molecule has 18 heavy (non-hydrogen) atoms. The largest absolute Gasteiger partial charge is 0.321 e. The number of pyridine rings is 1. The van der Waals surface area contributed by atoms with Crippen molar-refractivity contribution < 1.29 is 4.39 Å². The summed E-state index contributed by atoms with van der Waals surface area (Å²) in [4.78, 5) is 14.7. The van der Waals surface area contributed by atoms with Gasteiger partial charge in [-0.15, -0.1) is 0 Å². The molecule has 0 aliphatic heterocycles. The molecule has 0 saturated heterocycles. The van der Waals surface area contributed by atoms with Crippen LogP contribution in [-0.2, 0) is 0 Å². The first-order valence-corrected chi connectivity index (χ1v) is 5.63. The Morgan fingerprint density at radius 2 is 1.56 bits per heavy atom. The number of H-pyrrole nitrogens is 1. The molecule has 2 aromatic carbocycles. The molecule has 0 bridgehead atoms. The predicted octanol–water partition coefficient (Wildman–Crippen LogP) is 3.33. The van der Waals surface area contributed by atoms with Crippen molar-refractivity contribution in [3.63, 3.8) is 0 Å². The Morgan fingerprint density at radius 1 is 0.889 bits per heavy atom. The average Bonchev–Trinajstić information content (AvgIpc) is 2.40. The molecule has 1 aromatic heterocycles. The number of nitrogens with one attached hydrogen (secondary N) is 1. The van der Waals surface area contributed by atoms with E-state index >= 15 is 0 Å². The minimum absolute atomic E-state index is 0.0919. The van der Waals surface area contributed by atoms with Gasteiger partial charge in [-0.25, -0.2) is 4.39 Å². The Labute approximate surface area is 103 Å². The summed E-state index contributed by atoms with van der Waals surface area (Å²) < 4.78 is 14.4. The van der Waals surface area contributed by atoms with Gasteiger partial charge in [-0.2, -0.15) is 0 Å². The SMILES string of the molecule is O=c1[nH]c2ccccc2c(F)c1-c1ccccc1. The number of fused-ring (bicyclic) bond motifs is 1. The lowest BCUT2D eigenvalue weighted by molar-refractivity contribution is 0.640. The summed E-state index contributed by atoms with van der Waals surface area (Å²) in [6.45, 7) is 0. The van der Waals surface area contributed by atoms with Crippen LogP contribution in [0.3, 0.4) is 0 Å². The summed E-state index contributed by atoms with van der Waals surface area (Å²) in [6.07, 6.45) is 0. The molecule has 88 valence electrons. The molecule has 0 aliphatic carbocycles. The van der Waals surface area contributed by atoms with Gasteiger partial charge in [0.2, 0.25) is 0 Å². The first kappa shape index (κ1) is 10.7. The Kier molecular flexibility index (Phi) is 2.45. The third-order valence-electron chi connectivity index (χ3n) is 2.92. The van der Waals surface area contributed by atoms with E-state index in [9.17, 15) is 9.18 Å². The van der Waals surface area contributed by atoms with E-state index in [1.165, 1.54) is 0 Å². The summed E-state index contributed by atoms with van der Waals surface area (Å²) in [5.74, 6) is -0.472. The standard InChI is InChI=1S/C15H10FNO/c16-14-11-8-4-5-9-12(11)17-15(18)13(14)10-6-2-1-3-7-10/h1-9H,(H,17,18). The molecule has 0 saturated carbocycles. The van der Waals surface area contributed by atoms with E-state index in [2.05, 4.69) is 4.98 Å². The van der Waals surface area contributed by atoms with Crippen LogP contribution in [0.1, 0.15) is 0 Å². The molecule has 0 atom stereocenters. The summed E-state index contributed by atoms with van der Waals surface area (Å²) in [5.41, 5.74) is 0.786. The van der Waals surface area contributed by atoms with Gasteiger partial charge in [0.05, 0.1) is 11.1 Å². The van der Waals surface area contributed by atoms with E-state index in [1.807, 2.05) is 6.07 Å². The zero-order chi connectivity index (χ0) is 12.5. The van der Waals surface area contributed by atoms with Crippen LogP contribution >= 0.6 is 0 Å². The van der Waals surface area contributed by atoms with Crippen LogP contribution in [0.5, 0.6) is 0 Å². The maximum absolute atomic E-state index is 14.4. The molecule has 1 heterocycles. The smallest absolute Gasteiger partial charge is 0.259 e. The van der Waals surface area contributed by atoms with Crippen molar-refractivity contribution >= 4 is 10.9 Å². The first-order valence-electron chi connectivity index (χ1n) is 5.63. The van der Waals surface area contributed by atoms with Gasteiger partial charge in [-0.3, -0.25) is 4.79 Å². The number of hydrogen-bond acceptors (Lipinski definition) is 1. The van der Waals surface area contributed by atoms with Crippen LogP contribution in [0.4, 0.5) is 4.39 Å². The molecule has 3 aromatic rings. The van der Waals surface area contributed by atoms with E-state index < -0.39 is 11.4 Å². The fraction of sp³-hybridized carbons (Fsp3) is 0. The van der Waals surface area contributed by atoms with E-state index in [0.29, 0.717) is 16.5 Å². The number of benzene rings is 2. The maximum Gasteiger partial charge on any atom is 0.259 e. The summed E-state index contributed by atoms with van der Waals surface area (Å²) in [5, 5.41) is 0.427. The fourth-order valence-corrected chi connectivity index (χ4v) is 2.07. The Bertz CT molecular complexity index is 762. The van der Waals surface area contributed by atoms with Crippen LogP contribution in [0, 0.1) is 5.82 Å². The maximum atomic E-state index is 14.4. The molecule has 2 nitrogen and oxygen atoms in total. The number of para-hydroxylation sites is 1. The second-order valence-corrected chi connectivity index (χ2v) is 4.05. The van der Waals surface area contributed by atoms with Crippen LogP contribution < -0.4 is 5.56 Å². The van der Waals surface area contributed by atoms with E-state index in [1.54, 1.807) is 48.5 Å². The van der Waals surface area contributed by atoms with Crippen molar-refractivity contribution in [1.82, 2.24) is 4.98 Å². The highest BCUT2D eigenvalue weighted by atomic mass is 19.1. The van der Waals surface area contributed by atoms with Crippen molar-refractivity contribution in [3.05, 3.63) is 70.8 Å². The number of halogens is 1. The van der Waals surface area contributed by atoms with Crippen molar-refractivity contribution in [2.45, 2.75) is 0 Å². The fourth-order valence-electron chi connectivity index (χ4n) is 2.07. The molecule has 0 aliphatic rings. The highest BCUT2D eigenvalue weighted by Crippen LogP contribution is 2.23. The second-order valence-electron chi connectivity index (χ2n) is 4.05. The highest BCUT2D eigenvalue weighted by Gasteiger charge is 2.13. The number of aromatic nitrogens is 1. The predicted molar refractivity (Wildman–Crippen MR) is 70.0 cm³/mol. The number of hydrogen-bond donors (Lipinski definition) is 1. The lowest BCUT2D eigenvalue weighted by atomic mass is 10.0. The number of rotatable bonds is 1. The van der Waals surface area contributed by atoms with Crippen molar-refractivity contribution in [2.75, 3.05) is 0 Å². The summed E-state index contributed by atoms with van der Waals surface area (Å²) in [6, 6.07) is 15.7. The lowest BCUT2D eigenvalue weighted by Crippen LogP contribution is -2.11. The van der Waals surface area contributed by atoms with Gasteiger partial charge < -0.3 is 4.98 Å². The molecule has 0 amide bonds. The molecule has 0 spiro atoms. The van der Waals surface area contributed by atoms with Gasteiger partial charge in [0.1, 0.15) is 5.82 Å². The van der Waals surface area contributed by atoms with Gasteiger partial charge in [-0.05, 0) is 17.7 Å². The van der Waals surface area contributed by atoms with E-state index in [0.717, 1.165) is 0 Å².